The van der Waals surface area contributed by atoms with Crippen molar-refractivity contribution >= 4 is 11.7 Å². The summed E-state index contributed by atoms with van der Waals surface area (Å²) in [5.74, 6) is 0.0152. The van der Waals surface area contributed by atoms with E-state index in [1.807, 2.05) is 21.0 Å². The number of hydrogen-bond acceptors (Lipinski definition) is 4. The van der Waals surface area contributed by atoms with Gasteiger partial charge in [0.25, 0.3) is 0 Å². The number of nitrogens with zero attached hydrogens (tertiary/aromatic N) is 2. The van der Waals surface area contributed by atoms with Crippen LogP contribution in [0.1, 0.15) is 25.3 Å². The highest BCUT2D eigenvalue weighted by atomic mass is 16.5. The number of piperidine rings is 1. The first-order chi connectivity index (χ1) is 10.5. The maximum Gasteiger partial charge on any atom is 0.306 e. The van der Waals surface area contributed by atoms with E-state index < -0.39 is 5.97 Å². The number of benzene rings is 1. The fourth-order valence-electron chi connectivity index (χ4n) is 2.92. The molecule has 1 aromatic rings. The highest BCUT2D eigenvalue weighted by Gasteiger charge is 2.26. The lowest BCUT2D eigenvalue weighted by molar-refractivity contribution is -0.142. The summed E-state index contributed by atoms with van der Waals surface area (Å²) in [4.78, 5) is 15.4. The smallest absolute Gasteiger partial charge is 0.306 e. The second-order valence-electron chi connectivity index (χ2n) is 6.07. The van der Waals surface area contributed by atoms with Gasteiger partial charge in [-0.3, -0.25) is 4.79 Å². The minimum Gasteiger partial charge on any atom is -0.492 e. The molecule has 2 rings (SSSR count). The Labute approximate surface area is 132 Å². The predicted molar refractivity (Wildman–Crippen MR) is 87.6 cm³/mol. The summed E-state index contributed by atoms with van der Waals surface area (Å²) in [7, 11) is 4.09. The Morgan fingerprint density at radius 1 is 1.36 bits per heavy atom. The Kier molecular flexibility index (Phi) is 5.66. The fraction of sp³-hybridized carbons (Fsp3) is 0.588. The summed E-state index contributed by atoms with van der Waals surface area (Å²) >= 11 is 0. The van der Waals surface area contributed by atoms with Gasteiger partial charge in [0.1, 0.15) is 5.75 Å². The van der Waals surface area contributed by atoms with Gasteiger partial charge in [-0.25, -0.2) is 0 Å². The predicted octanol–water partition coefficient (Wildman–Crippen LogP) is 2.45. The van der Waals surface area contributed by atoms with Crippen LogP contribution in [0.25, 0.3) is 0 Å². The zero-order valence-corrected chi connectivity index (χ0v) is 13.7. The molecular weight excluding hydrogens is 280 g/mol. The van der Waals surface area contributed by atoms with E-state index in [0.717, 1.165) is 31.1 Å². The van der Waals surface area contributed by atoms with Crippen molar-refractivity contribution < 1.29 is 14.6 Å². The number of rotatable bonds is 6. The Hall–Kier alpha value is -1.75. The van der Waals surface area contributed by atoms with E-state index in [9.17, 15) is 4.79 Å². The molecule has 0 amide bonds. The second kappa shape index (κ2) is 7.49. The molecule has 1 aliphatic rings. The molecule has 1 aliphatic heterocycles. The Bertz CT molecular complexity index is 509. The van der Waals surface area contributed by atoms with Gasteiger partial charge in [-0.1, -0.05) is 6.07 Å². The average molecular weight is 306 g/mol. The molecular formula is C17H26N2O3. The highest BCUT2D eigenvalue weighted by molar-refractivity contribution is 5.70. The molecule has 1 heterocycles. The van der Waals surface area contributed by atoms with Crippen molar-refractivity contribution in [2.24, 2.45) is 5.92 Å². The van der Waals surface area contributed by atoms with E-state index in [2.05, 4.69) is 28.0 Å². The van der Waals surface area contributed by atoms with Crippen LogP contribution in [-0.4, -0.2) is 49.8 Å². The SMILES string of the molecule is CCOc1cc(CN(C)C)ccc1N1CCC(C(=O)O)CC1. The minimum absolute atomic E-state index is 0.209. The molecule has 1 saturated heterocycles. The first-order valence-electron chi connectivity index (χ1n) is 7.89. The van der Waals surface area contributed by atoms with Crippen LogP contribution in [0.15, 0.2) is 18.2 Å². The van der Waals surface area contributed by atoms with Crippen LogP contribution in [0.5, 0.6) is 5.75 Å². The van der Waals surface area contributed by atoms with E-state index in [4.69, 9.17) is 9.84 Å². The Morgan fingerprint density at radius 3 is 2.59 bits per heavy atom. The third-order valence-electron chi connectivity index (χ3n) is 4.01. The molecule has 0 spiro atoms. The summed E-state index contributed by atoms with van der Waals surface area (Å²) < 4.78 is 5.81. The van der Waals surface area contributed by atoms with E-state index in [1.54, 1.807) is 0 Å². The monoisotopic (exact) mass is 306 g/mol. The standard InChI is InChI=1S/C17H26N2O3/c1-4-22-16-11-13(12-18(2)3)5-6-15(16)19-9-7-14(8-10-19)17(20)21/h5-6,11,14H,4,7-10,12H2,1-3H3,(H,20,21). The zero-order valence-electron chi connectivity index (χ0n) is 13.7. The largest absolute Gasteiger partial charge is 0.492 e. The third kappa shape index (κ3) is 4.13. The molecule has 0 saturated carbocycles. The van der Waals surface area contributed by atoms with Crippen molar-refractivity contribution in [3.8, 4) is 5.75 Å². The first kappa shape index (κ1) is 16.6. The lowest BCUT2D eigenvalue weighted by Crippen LogP contribution is -2.36. The van der Waals surface area contributed by atoms with Crippen molar-refractivity contribution in [1.82, 2.24) is 4.90 Å². The molecule has 0 bridgehead atoms. The van der Waals surface area contributed by atoms with E-state index in [1.165, 1.54) is 5.56 Å². The average Bonchev–Trinajstić information content (AvgIpc) is 2.47. The number of carbonyl (C=O) groups is 1. The van der Waals surface area contributed by atoms with Crippen molar-refractivity contribution in [2.45, 2.75) is 26.3 Å². The van der Waals surface area contributed by atoms with Crippen LogP contribution < -0.4 is 9.64 Å². The normalized spacial score (nSPS) is 16.1. The maximum absolute atomic E-state index is 11.1. The topological polar surface area (TPSA) is 53.0 Å². The molecule has 0 radical (unpaired) electrons. The molecule has 0 aliphatic carbocycles. The first-order valence-corrected chi connectivity index (χ1v) is 7.89. The van der Waals surface area contributed by atoms with Gasteiger partial charge in [-0.05, 0) is 51.6 Å². The van der Waals surface area contributed by atoms with Gasteiger partial charge in [-0.15, -0.1) is 0 Å². The van der Waals surface area contributed by atoms with E-state index >= 15 is 0 Å². The van der Waals surface area contributed by atoms with Crippen LogP contribution >= 0.6 is 0 Å². The second-order valence-corrected chi connectivity index (χ2v) is 6.07. The number of hydrogen-bond donors (Lipinski definition) is 1. The van der Waals surface area contributed by atoms with Crippen molar-refractivity contribution in [3.05, 3.63) is 23.8 Å². The summed E-state index contributed by atoms with van der Waals surface area (Å²) in [6, 6.07) is 6.33. The van der Waals surface area contributed by atoms with Gasteiger partial charge in [0.05, 0.1) is 18.2 Å². The molecule has 122 valence electrons. The van der Waals surface area contributed by atoms with Crippen molar-refractivity contribution in [3.63, 3.8) is 0 Å². The quantitative estimate of drug-likeness (QED) is 0.875. The molecule has 0 aromatic heterocycles. The number of carboxylic acids is 1. The molecule has 22 heavy (non-hydrogen) atoms. The van der Waals surface area contributed by atoms with E-state index in [-0.39, 0.29) is 5.92 Å². The molecule has 0 unspecified atom stereocenters. The van der Waals surface area contributed by atoms with Crippen LogP contribution in [0.2, 0.25) is 0 Å². The molecule has 1 aromatic carbocycles. The molecule has 0 atom stereocenters. The number of aliphatic carboxylic acids is 1. The van der Waals surface area contributed by atoms with E-state index in [0.29, 0.717) is 19.4 Å². The van der Waals surface area contributed by atoms with Gasteiger partial charge in [-0.2, -0.15) is 0 Å². The Balaban J connectivity index is 2.14. The number of anilines is 1. The summed E-state index contributed by atoms with van der Waals surface area (Å²) in [5, 5.41) is 9.11. The number of ether oxygens (including phenoxy) is 1. The lowest BCUT2D eigenvalue weighted by atomic mass is 9.96. The third-order valence-corrected chi connectivity index (χ3v) is 4.01. The molecule has 5 nitrogen and oxygen atoms in total. The minimum atomic E-state index is -0.675. The van der Waals surface area contributed by atoms with Gasteiger partial charge in [0.15, 0.2) is 0 Å². The summed E-state index contributed by atoms with van der Waals surface area (Å²) in [5.41, 5.74) is 2.30. The number of carboxylic acid groups (broad SMARTS) is 1. The summed E-state index contributed by atoms with van der Waals surface area (Å²) in [6.07, 6.45) is 1.39. The van der Waals surface area contributed by atoms with Crippen LogP contribution in [-0.2, 0) is 11.3 Å². The highest BCUT2D eigenvalue weighted by Crippen LogP contribution is 2.33. The molecule has 1 N–H and O–H groups in total. The Morgan fingerprint density at radius 2 is 2.05 bits per heavy atom. The maximum atomic E-state index is 11.1. The van der Waals surface area contributed by atoms with Crippen molar-refractivity contribution in [1.29, 1.82) is 0 Å². The van der Waals surface area contributed by atoms with Gasteiger partial charge < -0.3 is 19.6 Å². The van der Waals surface area contributed by atoms with Crippen LogP contribution in [0.4, 0.5) is 5.69 Å². The molecule has 5 heteroatoms. The van der Waals surface area contributed by atoms with Gasteiger partial charge >= 0.3 is 5.97 Å². The van der Waals surface area contributed by atoms with Crippen LogP contribution in [0.3, 0.4) is 0 Å². The lowest BCUT2D eigenvalue weighted by Gasteiger charge is -2.33. The molecule has 1 fully saturated rings. The van der Waals surface area contributed by atoms with Crippen molar-refractivity contribution in [2.75, 3.05) is 38.7 Å². The zero-order chi connectivity index (χ0) is 16.1. The van der Waals surface area contributed by atoms with Gasteiger partial charge in [0.2, 0.25) is 0 Å². The van der Waals surface area contributed by atoms with Crippen LogP contribution in [0, 0.1) is 5.92 Å². The summed E-state index contributed by atoms with van der Waals surface area (Å²) in [6.45, 7) is 5.03. The fourth-order valence-corrected chi connectivity index (χ4v) is 2.92. The van der Waals surface area contributed by atoms with Gasteiger partial charge in [0, 0.05) is 19.6 Å².